The van der Waals surface area contributed by atoms with Gasteiger partial charge in [0.2, 0.25) is 0 Å². The van der Waals surface area contributed by atoms with Gasteiger partial charge < -0.3 is 18.9 Å². The molecule has 0 unspecified atom stereocenters. The Balaban J connectivity index is 1.78. The first kappa shape index (κ1) is 17.1. The number of hydrogen-bond acceptors (Lipinski definition) is 6. The Morgan fingerprint density at radius 3 is 2.44 bits per heavy atom. The average Bonchev–Trinajstić information content (AvgIpc) is 2.87. The van der Waals surface area contributed by atoms with Crippen LogP contribution < -0.4 is 14.2 Å². The third-order valence-corrected chi connectivity index (χ3v) is 3.80. The van der Waals surface area contributed by atoms with Crippen molar-refractivity contribution in [2.24, 2.45) is 0 Å². The van der Waals surface area contributed by atoms with E-state index in [4.69, 9.17) is 25.8 Å². The number of methoxy groups -OCH3 is 1. The molecule has 0 atom stereocenters. The normalized spacial score (nSPS) is 12.9. The molecule has 0 N–H and O–H groups in total. The molecule has 0 saturated heterocycles. The molecule has 130 valence electrons. The van der Waals surface area contributed by atoms with E-state index in [9.17, 15) is 9.59 Å². The minimum Gasteiger partial charge on any atom is -0.489 e. The highest BCUT2D eigenvalue weighted by atomic mass is 35.5. The Kier molecular flexibility index (Phi) is 5.09. The maximum absolute atomic E-state index is 12.3. The summed E-state index contributed by atoms with van der Waals surface area (Å²) in [6.07, 6.45) is 0.733. The number of carbonyl (C=O) groups is 2. The molecule has 0 amide bonds. The summed E-state index contributed by atoms with van der Waals surface area (Å²) in [7, 11) is 1.30. The Morgan fingerprint density at radius 1 is 1.00 bits per heavy atom. The van der Waals surface area contributed by atoms with Crippen molar-refractivity contribution in [3.8, 4) is 17.2 Å². The van der Waals surface area contributed by atoms with Gasteiger partial charge in [-0.25, -0.2) is 9.59 Å². The first-order chi connectivity index (χ1) is 12.1. The van der Waals surface area contributed by atoms with Crippen LogP contribution in [-0.4, -0.2) is 32.3 Å². The summed E-state index contributed by atoms with van der Waals surface area (Å²) in [6, 6.07) is 9.05. The predicted molar refractivity (Wildman–Crippen MR) is 89.8 cm³/mol. The second-order valence-corrected chi connectivity index (χ2v) is 5.65. The second kappa shape index (κ2) is 7.44. The fraction of sp³-hybridized carbons (Fsp3) is 0.222. The lowest BCUT2D eigenvalue weighted by atomic mass is 10.2. The molecule has 0 aromatic heterocycles. The lowest BCUT2D eigenvalue weighted by Crippen LogP contribution is -2.09. The molecule has 1 aliphatic rings. The van der Waals surface area contributed by atoms with Crippen LogP contribution in [-0.2, 0) is 4.74 Å². The Labute approximate surface area is 149 Å². The van der Waals surface area contributed by atoms with Crippen molar-refractivity contribution in [2.45, 2.75) is 6.42 Å². The standard InChI is InChI=1S/C18H15ClO6/c1-22-17(20)11-3-5-13(6-4-11)25-18(21)12-9-14(19)16-15(10-12)23-7-2-8-24-16/h3-6,9-10H,2,7-8H2,1H3. The zero-order valence-electron chi connectivity index (χ0n) is 13.4. The summed E-state index contributed by atoms with van der Waals surface area (Å²) in [5.74, 6) is 0.0768. The Hall–Kier alpha value is -2.73. The predicted octanol–water partition coefficient (Wildman–Crippen LogP) is 3.51. The summed E-state index contributed by atoms with van der Waals surface area (Å²) in [5.41, 5.74) is 0.604. The smallest absolute Gasteiger partial charge is 0.343 e. The van der Waals surface area contributed by atoms with Gasteiger partial charge in [0.25, 0.3) is 0 Å². The zero-order chi connectivity index (χ0) is 17.8. The van der Waals surface area contributed by atoms with Crippen LogP contribution >= 0.6 is 11.6 Å². The van der Waals surface area contributed by atoms with Gasteiger partial charge in [-0.05, 0) is 36.4 Å². The number of fused-ring (bicyclic) bond motifs is 1. The number of esters is 2. The van der Waals surface area contributed by atoms with Crippen LogP contribution in [0.1, 0.15) is 27.1 Å². The molecule has 1 aliphatic heterocycles. The van der Waals surface area contributed by atoms with E-state index in [-0.39, 0.29) is 10.6 Å². The maximum atomic E-state index is 12.3. The van der Waals surface area contributed by atoms with Crippen LogP contribution in [0.3, 0.4) is 0 Å². The van der Waals surface area contributed by atoms with Crippen molar-refractivity contribution >= 4 is 23.5 Å². The van der Waals surface area contributed by atoms with Crippen molar-refractivity contribution in [3.05, 3.63) is 52.5 Å². The largest absolute Gasteiger partial charge is 0.489 e. The van der Waals surface area contributed by atoms with Crippen LogP contribution in [0.4, 0.5) is 0 Å². The van der Waals surface area contributed by atoms with Crippen molar-refractivity contribution in [1.82, 2.24) is 0 Å². The van der Waals surface area contributed by atoms with Crippen LogP contribution in [0.15, 0.2) is 36.4 Å². The van der Waals surface area contributed by atoms with Gasteiger partial charge in [0.1, 0.15) is 5.75 Å². The number of carbonyl (C=O) groups excluding carboxylic acids is 2. The van der Waals surface area contributed by atoms with Gasteiger partial charge in [-0.3, -0.25) is 0 Å². The van der Waals surface area contributed by atoms with Crippen molar-refractivity contribution in [1.29, 1.82) is 0 Å². The van der Waals surface area contributed by atoms with Crippen molar-refractivity contribution in [2.75, 3.05) is 20.3 Å². The highest BCUT2D eigenvalue weighted by Gasteiger charge is 2.19. The number of hydrogen-bond donors (Lipinski definition) is 0. The molecule has 0 radical (unpaired) electrons. The molecule has 2 aromatic carbocycles. The van der Waals surface area contributed by atoms with Crippen molar-refractivity contribution < 1.29 is 28.5 Å². The van der Waals surface area contributed by atoms with Gasteiger partial charge in [0.15, 0.2) is 11.5 Å². The van der Waals surface area contributed by atoms with Gasteiger partial charge >= 0.3 is 11.9 Å². The molecule has 25 heavy (non-hydrogen) atoms. The van der Waals surface area contributed by atoms with Crippen LogP contribution in [0.25, 0.3) is 0 Å². The average molecular weight is 363 g/mol. The Bertz CT molecular complexity index is 800. The number of ether oxygens (including phenoxy) is 4. The summed E-state index contributed by atoms with van der Waals surface area (Å²) >= 11 is 6.17. The molecule has 1 heterocycles. The second-order valence-electron chi connectivity index (χ2n) is 5.24. The summed E-state index contributed by atoms with van der Waals surface area (Å²) < 4.78 is 21.0. The fourth-order valence-corrected chi connectivity index (χ4v) is 2.56. The molecule has 2 aromatic rings. The van der Waals surface area contributed by atoms with Gasteiger partial charge in [-0.15, -0.1) is 0 Å². The number of benzene rings is 2. The van der Waals surface area contributed by atoms with E-state index in [0.29, 0.717) is 36.0 Å². The summed E-state index contributed by atoms with van der Waals surface area (Å²) in [5, 5.41) is 0.285. The van der Waals surface area contributed by atoms with E-state index in [2.05, 4.69) is 4.74 Å². The van der Waals surface area contributed by atoms with E-state index in [1.807, 2.05) is 0 Å². The molecule has 6 nitrogen and oxygen atoms in total. The number of rotatable bonds is 3. The summed E-state index contributed by atoms with van der Waals surface area (Å²) in [6.45, 7) is 0.986. The van der Waals surface area contributed by atoms with E-state index < -0.39 is 11.9 Å². The third kappa shape index (κ3) is 3.85. The van der Waals surface area contributed by atoms with Gasteiger partial charge in [-0.1, -0.05) is 11.6 Å². The number of halogens is 1. The van der Waals surface area contributed by atoms with Gasteiger partial charge in [0.05, 0.1) is 36.5 Å². The van der Waals surface area contributed by atoms with E-state index in [1.54, 1.807) is 0 Å². The maximum Gasteiger partial charge on any atom is 0.343 e. The van der Waals surface area contributed by atoms with E-state index in [1.165, 1.54) is 43.5 Å². The first-order valence-electron chi connectivity index (χ1n) is 7.58. The van der Waals surface area contributed by atoms with E-state index >= 15 is 0 Å². The minimum absolute atomic E-state index is 0.242. The molecular weight excluding hydrogens is 348 g/mol. The molecule has 7 heteroatoms. The fourth-order valence-electron chi connectivity index (χ4n) is 2.29. The molecule has 0 aliphatic carbocycles. The zero-order valence-corrected chi connectivity index (χ0v) is 14.2. The topological polar surface area (TPSA) is 71.1 Å². The lowest BCUT2D eigenvalue weighted by Gasteiger charge is -2.11. The van der Waals surface area contributed by atoms with Crippen LogP contribution in [0.5, 0.6) is 17.2 Å². The SMILES string of the molecule is COC(=O)c1ccc(OC(=O)c2cc(Cl)c3c(c2)OCCCO3)cc1. The van der Waals surface area contributed by atoms with Crippen LogP contribution in [0, 0.1) is 0 Å². The quantitative estimate of drug-likeness (QED) is 0.614. The molecule has 0 spiro atoms. The van der Waals surface area contributed by atoms with Gasteiger partial charge in [0, 0.05) is 6.42 Å². The highest BCUT2D eigenvalue weighted by Crippen LogP contribution is 2.38. The molecule has 0 saturated carbocycles. The third-order valence-electron chi connectivity index (χ3n) is 3.52. The minimum atomic E-state index is -0.594. The van der Waals surface area contributed by atoms with E-state index in [0.717, 1.165) is 6.42 Å². The van der Waals surface area contributed by atoms with Crippen molar-refractivity contribution in [3.63, 3.8) is 0 Å². The van der Waals surface area contributed by atoms with Crippen LogP contribution in [0.2, 0.25) is 5.02 Å². The van der Waals surface area contributed by atoms with Gasteiger partial charge in [-0.2, -0.15) is 0 Å². The monoisotopic (exact) mass is 362 g/mol. The summed E-state index contributed by atoms with van der Waals surface area (Å²) in [4.78, 5) is 23.7. The molecule has 0 bridgehead atoms. The first-order valence-corrected chi connectivity index (χ1v) is 7.96. The molecule has 3 rings (SSSR count). The molecule has 0 fully saturated rings. The lowest BCUT2D eigenvalue weighted by molar-refractivity contribution is 0.0600. The highest BCUT2D eigenvalue weighted by molar-refractivity contribution is 6.32. The Morgan fingerprint density at radius 2 is 1.72 bits per heavy atom. The molecular formula is C18H15ClO6.